The molecule has 0 aliphatic carbocycles. The summed E-state index contributed by atoms with van der Waals surface area (Å²) in [5.74, 6) is 0.920. The van der Waals surface area contributed by atoms with Crippen molar-refractivity contribution in [3.8, 4) is 5.75 Å². The molecule has 2 N–H and O–H groups in total. The summed E-state index contributed by atoms with van der Waals surface area (Å²) in [6.07, 6.45) is 1.03. The van der Waals surface area contributed by atoms with E-state index in [0.29, 0.717) is 12.6 Å². The molecule has 1 unspecified atom stereocenters. The molecule has 0 spiro atoms. The van der Waals surface area contributed by atoms with Gasteiger partial charge >= 0.3 is 0 Å². The lowest BCUT2D eigenvalue weighted by Crippen LogP contribution is -2.26. The van der Waals surface area contributed by atoms with Gasteiger partial charge in [0.05, 0.1) is 6.61 Å². The number of hydrogen-bond acceptors (Lipinski definition) is 3. The summed E-state index contributed by atoms with van der Waals surface area (Å²) >= 11 is 0. The van der Waals surface area contributed by atoms with Gasteiger partial charge in [-0.3, -0.25) is 0 Å². The van der Waals surface area contributed by atoms with Crippen LogP contribution in [-0.4, -0.2) is 31.6 Å². The number of rotatable bonds is 6. The molecular weight excluding hydrogens is 200 g/mol. The Bertz CT molecular complexity index is 295. The number of hydrogen-bond donors (Lipinski definition) is 1. The minimum Gasteiger partial charge on any atom is -0.494 e. The van der Waals surface area contributed by atoms with E-state index in [2.05, 4.69) is 25.9 Å². The first-order valence-corrected chi connectivity index (χ1v) is 5.71. The predicted octanol–water partition coefficient (Wildman–Crippen LogP) is 1.86. The lowest BCUT2D eigenvalue weighted by Gasteiger charge is -2.19. The van der Waals surface area contributed by atoms with Crippen LogP contribution < -0.4 is 10.5 Å². The van der Waals surface area contributed by atoms with E-state index >= 15 is 0 Å². The molecule has 0 radical (unpaired) electrons. The number of nitrogens with two attached hydrogens (primary N) is 1. The maximum absolute atomic E-state index is 5.66. The second kappa shape index (κ2) is 6.51. The van der Waals surface area contributed by atoms with Gasteiger partial charge in [0.2, 0.25) is 0 Å². The molecule has 0 heterocycles. The van der Waals surface area contributed by atoms with Gasteiger partial charge in [0.1, 0.15) is 5.75 Å². The van der Waals surface area contributed by atoms with Crippen molar-refractivity contribution in [3.63, 3.8) is 0 Å². The number of ether oxygens (including phenoxy) is 1. The molecule has 1 aromatic rings. The average molecular weight is 222 g/mol. The van der Waals surface area contributed by atoms with Crippen LogP contribution in [0.25, 0.3) is 0 Å². The molecule has 3 heteroatoms. The third-order valence-electron chi connectivity index (χ3n) is 2.84. The highest BCUT2D eigenvalue weighted by atomic mass is 16.5. The third-order valence-corrected chi connectivity index (χ3v) is 2.84. The van der Waals surface area contributed by atoms with Crippen LogP contribution in [0.3, 0.4) is 0 Å². The Hall–Kier alpha value is -1.06. The van der Waals surface area contributed by atoms with Crippen LogP contribution >= 0.6 is 0 Å². The Morgan fingerprint density at radius 3 is 2.38 bits per heavy atom. The minimum atomic E-state index is 0.545. The molecular formula is C13H22N2O. The zero-order valence-corrected chi connectivity index (χ0v) is 10.4. The fourth-order valence-corrected chi connectivity index (χ4v) is 1.33. The predicted molar refractivity (Wildman–Crippen MR) is 67.6 cm³/mol. The van der Waals surface area contributed by atoms with Crippen molar-refractivity contribution in [2.75, 3.05) is 20.7 Å². The van der Waals surface area contributed by atoms with E-state index in [4.69, 9.17) is 10.5 Å². The smallest absolute Gasteiger partial charge is 0.119 e. The van der Waals surface area contributed by atoms with Crippen LogP contribution in [0.2, 0.25) is 0 Å². The molecule has 0 bridgehead atoms. The standard InChI is InChI=1S/C13H22N2O/c1-11(15(2)3)8-9-16-13-6-4-12(10-14)5-7-13/h4-7,11H,8-10,14H2,1-3H3. The van der Waals surface area contributed by atoms with E-state index in [1.165, 1.54) is 0 Å². The maximum atomic E-state index is 5.66. The first kappa shape index (κ1) is 13.0. The van der Waals surface area contributed by atoms with Gasteiger partial charge in [-0.15, -0.1) is 0 Å². The Morgan fingerprint density at radius 1 is 1.25 bits per heavy atom. The molecule has 0 aliphatic heterocycles. The van der Waals surface area contributed by atoms with Crippen molar-refractivity contribution in [1.82, 2.24) is 4.90 Å². The quantitative estimate of drug-likeness (QED) is 0.798. The largest absolute Gasteiger partial charge is 0.494 e. The van der Waals surface area contributed by atoms with Gasteiger partial charge < -0.3 is 15.4 Å². The molecule has 1 rings (SSSR count). The second-order valence-corrected chi connectivity index (χ2v) is 4.30. The van der Waals surface area contributed by atoms with Crippen molar-refractivity contribution >= 4 is 0 Å². The van der Waals surface area contributed by atoms with Crippen LogP contribution in [0.1, 0.15) is 18.9 Å². The average Bonchev–Trinajstić information content (AvgIpc) is 2.29. The van der Waals surface area contributed by atoms with Crippen molar-refractivity contribution in [3.05, 3.63) is 29.8 Å². The maximum Gasteiger partial charge on any atom is 0.119 e. The van der Waals surface area contributed by atoms with E-state index in [0.717, 1.165) is 24.3 Å². The molecule has 16 heavy (non-hydrogen) atoms. The Labute approximate surface area is 98.2 Å². The van der Waals surface area contributed by atoms with E-state index in [1.807, 2.05) is 24.3 Å². The van der Waals surface area contributed by atoms with Crippen molar-refractivity contribution < 1.29 is 4.74 Å². The minimum absolute atomic E-state index is 0.545. The zero-order chi connectivity index (χ0) is 12.0. The van der Waals surface area contributed by atoms with Gasteiger partial charge in [0.25, 0.3) is 0 Å². The Morgan fingerprint density at radius 2 is 1.88 bits per heavy atom. The van der Waals surface area contributed by atoms with E-state index in [9.17, 15) is 0 Å². The molecule has 1 aromatic carbocycles. The Kier molecular flexibility index (Phi) is 5.29. The van der Waals surface area contributed by atoms with Gasteiger partial charge in [-0.2, -0.15) is 0 Å². The third kappa shape index (κ3) is 4.21. The normalized spacial score (nSPS) is 12.8. The molecule has 1 atom stereocenters. The zero-order valence-electron chi connectivity index (χ0n) is 10.4. The summed E-state index contributed by atoms with van der Waals surface area (Å²) in [5, 5.41) is 0. The molecule has 3 nitrogen and oxygen atoms in total. The molecule has 0 aromatic heterocycles. The van der Waals surface area contributed by atoms with E-state index < -0.39 is 0 Å². The summed E-state index contributed by atoms with van der Waals surface area (Å²) in [4.78, 5) is 2.20. The molecule has 0 saturated carbocycles. The van der Waals surface area contributed by atoms with Gasteiger partial charge in [-0.25, -0.2) is 0 Å². The molecule has 0 saturated heterocycles. The molecule has 0 aliphatic rings. The fraction of sp³-hybridized carbons (Fsp3) is 0.538. The highest BCUT2D eigenvalue weighted by molar-refractivity contribution is 5.26. The van der Waals surface area contributed by atoms with Crippen LogP contribution in [-0.2, 0) is 6.54 Å². The van der Waals surface area contributed by atoms with Crippen LogP contribution in [0.15, 0.2) is 24.3 Å². The number of nitrogens with zero attached hydrogens (tertiary/aromatic N) is 1. The van der Waals surface area contributed by atoms with E-state index in [1.54, 1.807) is 0 Å². The van der Waals surface area contributed by atoms with Gasteiger partial charge in [-0.1, -0.05) is 12.1 Å². The van der Waals surface area contributed by atoms with Crippen molar-refractivity contribution in [2.45, 2.75) is 25.9 Å². The molecule has 0 fully saturated rings. The molecule has 0 amide bonds. The van der Waals surface area contributed by atoms with Crippen molar-refractivity contribution in [1.29, 1.82) is 0 Å². The fourth-order valence-electron chi connectivity index (χ4n) is 1.33. The first-order valence-electron chi connectivity index (χ1n) is 5.71. The number of benzene rings is 1. The topological polar surface area (TPSA) is 38.5 Å². The SMILES string of the molecule is CC(CCOc1ccc(CN)cc1)N(C)C. The monoisotopic (exact) mass is 222 g/mol. The first-order chi connectivity index (χ1) is 7.63. The molecule has 90 valence electrons. The summed E-state index contributed by atoms with van der Waals surface area (Å²) in [7, 11) is 4.17. The highest BCUT2D eigenvalue weighted by Crippen LogP contribution is 2.12. The van der Waals surface area contributed by atoms with Gasteiger partial charge in [-0.05, 0) is 45.1 Å². The summed E-state index contributed by atoms with van der Waals surface area (Å²) in [6, 6.07) is 8.50. The Balaban J connectivity index is 2.31. The highest BCUT2D eigenvalue weighted by Gasteiger charge is 2.04. The lowest BCUT2D eigenvalue weighted by atomic mass is 10.2. The van der Waals surface area contributed by atoms with Crippen LogP contribution in [0, 0.1) is 0 Å². The van der Waals surface area contributed by atoms with E-state index in [-0.39, 0.29) is 0 Å². The summed E-state index contributed by atoms with van der Waals surface area (Å²) < 4.78 is 5.66. The summed E-state index contributed by atoms with van der Waals surface area (Å²) in [5.41, 5.74) is 6.66. The lowest BCUT2D eigenvalue weighted by molar-refractivity contribution is 0.233. The summed E-state index contributed by atoms with van der Waals surface area (Å²) in [6.45, 7) is 3.53. The van der Waals surface area contributed by atoms with Crippen LogP contribution in [0.5, 0.6) is 5.75 Å². The van der Waals surface area contributed by atoms with Gasteiger partial charge in [0, 0.05) is 12.6 Å². The second-order valence-electron chi connectivity index (χ2n) is 4.30. The van der Waals surface area contributed by atoms with Gasteiger partial charge in [0.15, 0.2) is 0 Å². The van der Waals surface area contributed by atoms with Crippen LogP contribution in [0.4, 0.5) is 0 Å². The van der Waals surface area contributed by atoms with Crippen molar-refractivity contribution in [2.24, 2.45) is 5.73 Å².